The molecule has 2 aromatic carbocycles. The number of nitrogens with one attached hydrogen (secondary N) is 1. The van der Waals surface area contributed by atoms with Crippen LogP contribution in [0.15, 0.2) is 53.6 Å². The molecular formula is C27H32N4O4S. The highest BCUT2D eigenvalue weighted by molar-refractivity contribution is 7.90. The minimum atomic E-state index is -4.32. The van der Waals surface area contributed by atoms with Crippen molar-refractivity contribution >= 4 is 15.9 Å². The van der Waals surface area contributed by atoms with E-state index in [0.29, 0.717) is 11.3 Å². The first kappa shape index (κ1) is 27.1. The summed E-state index contributed by atoms with van der Waals surface area (Å²) in [5.74, 6) is -0.639. The van der Waals surface area contributed by atoms with Gasteiger partial charge < -0.3 is 5.11 Å². The fourth-order valence-electron chi connectivity index (χ4n) is 4.11. The molecule has 0 saturated heterocycles. The van der Waals surface area contributed by atoms with Gasteiger partial charge in [-0.3, -0.25) is 4.79 Å². The zero-order valence-corrected chi connectivity index (χ0v) is 22.2. The van der Waals surface area contributed by atoms with E-state index in [9.17, 15) is 23.6 Å². The van der Waals surface area contributed by atoms with Gasteiger partial charge in [0.1, 0.15) is 5.60 Å². The van der Waals surface area contributed by atoms with Gasteiger partial charge >= 0.3 is 0 Å². The van der Waals surface area contributed by atoms with Crippen LogP contribution in [0.5, 0.6) is 0 Å². The number of aliphatic hydroxyl groups is 1. The highest BCUT2D eigenvalue weighted by Gasteiger charge is 2.30. The average Bonchev–Trinajstić information content (AvgIpc) is 3.26. The van der Waals surface area contributed by atoms with E-state index in [1.807, 2.05) is 33.8 Å². The molecule has 3 rings (SSSR count). The molecular weight excluding hydrogens is 476 g/mol. The molecule has 0 aliphatic carbocycles. The van der Waals surface area contributed by atoms with Gasteiger partial charge in [-0.15, -0.1) is 0 Å². The lowest BCUT2D eigenvalue weighted by Crippen LogP contribution is -2.32. The summed E-state index contributed by atoms with van der Waals surface area (Å²) in [6.07, 6.45) is -0.163. The average molecular weight is 509 g/mol. The maximum absolute atomic E-state index is 13.2. The fourth-order valence-corrected chi connectivity index (χ4v) is 5.04. The van der Waals surface area contributed by atoms with Crippen molar-refractivity contribution in [3.8, 4) is 11.8 Å². The molecule has 1 aromatic heterocycles. The Morgan fingerprint density at radius 1 is 1.08 bits per heavy atom. The number of hydrogen-bond donors (Lipinski definition) is 2. The Bertz CT molecular complexity index is 1380. The van der Waals surface area contributed by atoms with Crippen LogP contribution in [0.25, 0.3) is 5.69 Å². The molecule has 2 N–H and O–H groups in total. The lowest BCUT2D eigenvalue weighted by atomic mass is 9.85. The second-order valence-corrected chi connectivity index (χ2v) is 11.6. The zero-order valence-electron chi connectivity index (χ0n) is 21.4. The van der Waals surface area contributed by atoms with Crippen molar-refractivity contribution in [3.63, 3.8) is 0 Å². The van der Waals surface area contributed by atoms with Crippen LogP contribution in [0.2, 0.25) is 0 Å². The van der Waals surface area contributed by atoms with E-state index in [-0.39, 0.29) is 29.0 Å². The first-order chi connectivity index (χ1) is 16.7. The van der Waals surface area contributed by atoms with Crippen LogP contribution < -0.4 is 4.72 Å². The second kappa shape index (κ2) is 10.2. The Morgan fingerprint density at radius 3 is 2.11 bits per heavy atom. The lowest BCUT2D eigenvalue weighted by molar-refractivity contribution is -0.118. The molecule has 0 aliphatic heterocycles. The first-order valence-corrected chi connectivity index (χ1v) is 13.2. The summed E-state index contributed by atoms with van der Waals surface area (Å²) >= 11 is 0. The molecule has 1 heterocycles. The molecule has 3 aromatic rings. The largest absolute Gasteiger partial charge is 0.384 e. The Kier molecular flexibility index (Phi) is 7.72. The monoisotopic (exact) mass is 508 g/mol. The normalized spacial score (nSPS) is 12.1. The summed E-state index contributed by atoms with van der Waals surface area (Å²) in [5, 5.41) is 23.9. The first-order valence-electron chi connectivity index (χ1n) is 11.8. The molecule has 8 nitrogen and oxygen atoms in total. The topological polar surface area (TPSA) is 125 Å². The maximum Gasteiger partial charge on any atom is 0.283 e. The number of nitrogens with zero attached hydrogens (tertiary/aromatic N) is 3. The van der Waals surface area contributed by atoms with Crippen LogP contribution in [0.3, 0.4) is 0 Å². The van der Waals surface area contributed by atoms with Gasteiger partial charge in [-0.05, 0) is 66.6 Å². The molecule has 9 heteroatoms. The van der Waals surface area contributed by atoms with Crippen LogP contribution >= 0.6 is 0 Å². The van der Waals surface area contributed by atoms with Crippen LogP contribution in [0.1, 0.15) is 81.3 Å². The number of aromatic nitrogens is 2. The summed E-state index contributed by atoms with van der Waals surface area (Å²) in [7, 11) is -4.32. The van der Waals surface area contributed by atoms with Crippen molar-refractivity contribution in [2.24, 2.45) is 0 Å². The standard InChI is InChI=1S/C27H32N4O4S/c1-17(2)21-12-19(16-28)13-22(18(3)4)23(21)14-25(32)30-36(34,35)26-15-24(27(5,6)33)31(29-26)20-10-8-7-9-11-20/h7-13,15,17-18,33H,14H2,1-6H3,(H,30,32). The number of rotatable bonds is 8. The molecule has 0 radical (unpaired) electrons. The number of sulfonamides is 1. The van der Waals surface area contributed by atoms with Gasteiger partial charge in [0.2, 0.25) is 5.91 Å². The Labute approximate surface area is 212 Å². The summed E-state index contributed by atoms with van der Waals surface area (Å²) in [6, 6.07) is 15.8. The van der Waals surface area contributed by atoms with Gasteiger partial charge in [-0.25, -0.2) is 9.40 Å². The quantitative estimate of drug-likeness (QED) is 0.468. The van der Waals surface area contributed by atoms with E-state index in [2.05, 4.69) is 15.9 Å². The smallest absolute Gasteiger partial charge is 0.283 e. The predicted molar refractivity (Wildman–Crippen MR) is 137 cm³/mol. The summed E-state index contributed by atoms with van der Waals surface area (Å²) in [5.41, 5.74) is 2.34. The van der Waals surface area contributed by atoms with Crippen molar-refractivity contribution in [1.82, 2.24) is 14.5 Å². The van der Waals surface area contributed by atoms with E-state index < -0.39 is 21.5 Å². The number of hydrogen-bond acceptors (Lipinski definition) is 6. The number of para-hydroxylation sites is 1. The van der Waals surface area contributed by atoms with Crippen molar-refractivity contribution in [2.45, 2.75) is 70.4 Å². The second-order valence-electron chi connectivity index (χ2n) is 9.93. The van der Waals surface area contributed by atoms with Gasteiger partial charge in [0.25, 0.3) is 10.0 Å². The molecule has 0 bridgehead atoms. The third kappa shape index (κ3) is 5.83. The molecule has 0 spiro atoms. The fraction of sp³-hybridized carbons (Fsp3) is 0.370. The predicted octanol–water partition coefficient (Wildman–Crippen LogP) is 4.27. The number of carbonyl (C=O) groups is 1. The summed E-state index contributed by atoms with van der Waals surface area (Å²) < 4.78 is 29.8. The van der Waals surface area contributed by atoms with Crippen LogP contribution in [0, 0.1) is 11.3 Å². The molecule has 0 fully saturated rings. The SMILES string of the molecule is CC(C)c1cc(C#N)cc(C(C)C)c1CC(=O)NS(=O)(=O)c1cc(C(C)(C)O)n(-c2ccccc2)n1. The minimum Gasteiger partial charge on any atom is -0.384 e. The molecule has 36 heavy (non-hydrogen) atoms. The summed E-state index contributed by atoms with van der Waals surface area (Å²) in [6.45, 7) is 10.9. The Balaban J connectivity index is 1.98. The van der Waals surface area contributed by atoms with Gasteiger partial charge in [0.15, 0.2) is 5.03 Å². The zero-order chi connectivity index (χ0) is 26.8. The molecule has 0 atom stereocenters. The van der Waals surface area contributed by atoms with Crippen LogP contribution in [-0.4, -0.2) is 29.2 Å². The Hall–Kier alpha value is -3.48. The van der Waals surface area contributed by atoms with Crippen molar-refractivity contribution in [1.29, 1.82) is 5.26 Å². The highest BCUT2D eigenvalue weighted by atomic mass is 32.2. The third-order valence-corrected chi connectivity index (χ3v) is 7.11. The minimum absolute atomic E-state index is 0.0334. The third-order valence-electron chi connectivity index (χ3n) is 5.87. The van der Waals surface area contributed by atoms with E-state index in [0.717, 1.165) is 16.7 Å². The highest BCUT2D eigenvalue weighted by Crippen LogP contribution is 2.30. The number of amides is 1. The number of carbonyl (C=O) groups excluding carboxylic acids is 1. The van der Waals surface area contributed by atoms with Gasteiger partial charge in [0, 0.05) is 6.07 Å². The van der Waals surface area contributed by atoms with E-state index in [1.165, 1.54) is 24.6 Å². The van der Waals surface area contributed by atoms with Gasteiger partial charge in [-0.2, -0.15) is 18.8 Å². The molecule has 0 aliphatic rings. The van der Waals surface area contributed by atoms with Crippen molar-refractivity contribution in [2.75, 3.05) is 0 Å². The molecule has 0 unspecified atom stereocenters. The molecule has 190 valence electrons. The lowest BCUT2D eigenvalue weighted by Gasteiger charge is -2.20. The van der Waals surface area contributed by atoms with E-state index in [1.54, 1.807) is 36.4 Å². The van der Waals surface area contributed by atoms with Crippen LogP contribution in [0.4, 0.5) is 0 Å². The van der Waals surface area contributed by atoms with Crippen molar-refractivity contribution in [3.05, 3.63) is 76.5 Å². The van der Waals surface area contributed by atoms with Crippen molar-refractivity contribution < 1.29 is 18.3 Å². The maximum atomic E-state index is 13.2. The van der Waals surface area contributed by atoms with Gasteiger partial charge in [-0.1, -0.05) is 45.9 Å². The number of benzene rings is 2. The molecule has 0 saturated carbocycles. The molecule has 1 amide bonds. The van der Waals surface area contributed by atoms with Crippen LogP contribution in [-0.2, 0) is 26.8 Å². The number of nitriles is 1. The van der Waals surface area contributed by atoms with E-state index in [4.69, 9.17) is 0 Å². The van der Waals surface area contributed by atoms with Gasteiger partial charge in [0.05, 0.1) is 29.4 Å². The Morgan fingerprint density at radius 2 is 1.64 bits per heavy atom. The van der Waals surface area contributed by atoms with E-state index >= 15 is 0 Å². The summed E-state index contributed by atoms with van der Waals surface area (Å²) in [4.78, 5) is 13.0.